The monoisotopic (exact) mass is 560 g/mol. The maximum absolute atomic E-state index is 13.2. The molecule has 2 fully saturated rings. The predicted octanol–water partition coefficient (Wildman–Crippen LogP) is 5.90. The molecule has 2 aromatic rings. The second kappa shape index (κ2) is 12.1. The Labute approximate surface area is 231 Å². The molecule has 1 saturated carbocycles. The van der Waals surface area contributed by atoms with Crippen LogP contribution in [0.4, 0.5) is 18.9 Å². The van der Waals surface area contributed by atoms with Crippen molar-refractivity contribution in [1.29, 1.82) is 0 Å². The molecule has 40 heavy (non-hydrogen) atoms. The zero-order valence-electron chi connectivity index (χ0n) is 22.4. The van der Waals surface area contributed by atoms with Gasteiger partial charge in [0, 0.05) is 18.8 Å². The molecule has 0 unspecified atom stereocenters. The van der Waals surface area contributed by atoms with Gasteiger partial charge in [0.1, 0.15) is 18.1 Å². The number of ether oxygens (including phenoxy) is 2. The van der Waals surface area contributed by atoms with Gasteiger partial charge in [0.25, 0.3) is 0 Å². The Kier molecular flexibility index (Phi) is 8.54. The molecule has 2 heterocycles. The number of rotatable bonds is 8. The van der Waals surface area contributed by atoms with Crippen LogP contribution >= 0.6 is 0 Å². The van der Waals surface area contributed by atoms with E-state index in [9.17, 15) is 27.9 Å². The molecule has 0 spiro atoms. The molecule has 0 aromatic heterocycles. The Morgan fingerprint density at radius 2 is 1.77 bits per heavy atom. The van der Waals surface area contributed by atoms with E-state index in [-0.39, 0.29) is 30.7 Å². The van der Waals surface area contributed by atoms with Crippen LogP contribution < -0.4 is 14.4 Å². The summed E-state index contributed by atoms with van der Waals surface area (Å²) >= 11 is 0. The Bertz CT molecular complexity index is 1230. The third kappa shape index (κ3) is 6.89. The summed E-state index contributed by atoms with van der Waals surface area (Å²) in [6.07, 6.45) is 2.13. The summed E-state index contributed by atoms with van der Waals surface area (Å²) in [4.78, 5) is 28.0. The standard InChI is InChI=1S/C30H35F3N2O5/c31-30(32,33)40-27-15-20(8-10-25(27)21-5-2-1-3-6-21)19-39-24-9-11-26-22(16-24)12-14-35(26)28(36)18-34-13-4-7-23(17-34)29(37)38/h8-11,15-16,21,23H,1-7,12-14,17-19H2,(H,37,38)/t23-/m1/s1. The van der Waals surface area contributed by atoms with E-state index in [4.69, 9.17) is 4.74 Å². The van der Waals surface area contributed by atoms with Crippen molar-refractivity contribution in [1.82, 2.24) is 4.90 Å². The molecule has 0 bridgehead atoms. The van der Waals surface area contributed by atoms with Crippen LogP contribution in [0.1, 0.15) is 67.6 Å². The molecule has 2 aliphatic heterocycles. The van der Waals surface area contributed by atoms with E-state index in [1.54, 1.807) is 23.1 Å². The molecule has 0 radical (unpaired) electrons. The first-order valence-electron chi connectivity index (χ1n) is 14.1. The minimum Gasteiger partial charge on any atom is -0.489 e. The van der Waals surface area contributed by atoms with Gasteiger partial charge >= 0.3 is 12.3 Å². The summed E-state index contributed by atoms with van der Waals surface area (Å²) in [6.45, 7) is 1.89. The summed E-state index contributed by atoms with van der Waals surface area (Å²) in [5, 5.41) is 9.31. The number of carbonyl (C=O) groups is 2. The van der Waals surface area contributed by atoms with Crippen molar-refractivity contribution in [2.75, 3.05) is 31.1 Å². The molecule has 1 atom stereocenters. The summed E-state index contributed by atoms with van der Waals surface area (Å²) in [6, 6.07) is 10.4. The normalized spacial score (nSPS) is 20.3. The first-order valence-corrected chi connectivity index (χ1v) is 14.1. The van der Waals surface area contributed by atoms with E-state index in [2.05, 4.69) is 4.74 Å². The van der Waals surface area contributed by atoms with Gasteiger partial charge in [-0.15, -0.1) is 13.2 Å². The largest absolute Gasteiger partial charge is 0.573 e. The van der Waals surface area contributed by atoms with E-state index in [1.165, 1.54) is 6.07 Å². The van der Waals surface area contributed by atoms with Gasteiger partial charge in [0.2, 0.25) is 5.91 Å². The van der Waals surface area contributed by atoms with Crippen LogP contribution in [0.5, 0.6) is 11.5 Å². The van der Waals surface area contributed by atoms with Gasteiger partial charge < -0.3 is 19.5 Å². The number of aliphatic carboxylic acids is 1. The molecule has 1 aliphatic carbocycles. The van der Waals surface area contributed by atoms with Crippen molar-refractivity contribution < 1.29 is 37.3 Å². The van der Waals surface area contributed by atoms with Gasteiger partial charge in [-0.3, -0.25) is 14.5 Å². The van der Waals surface area contributed by atoms with E-state index >= 15 is 0 Å². The lowest BCUT2D eigenvalue weighted by Gasteiger charge is -2.31. The number of carbonyl (C=O) groups excluding carboxylic acids is 1. The molecule has 10 heteroatoms. The number of benzene rings is 2. The Balaban J connectivity index is 1.22. The fraction of sp³-hybridized carbons (Fsp3) is 0.533. The van der Waals surface area contributed by atoms with Gasteiger partial charge in [-0.1, -0.05) is 31.4 Å². The Hall–Kier alpha value is -3.27. The number of anilines is 1. The number of amides is 1. The van der Waals surface area contributed by atoms with Crippen molar-refractivity contribution >= 4 is 17.6 Å². The summed E-state index contributed by atoms with van der Waals surface area (Å²) in [7, 11) is 0. The average Bonchev–Trinajstić information content (AvgIpc) is 3.35. The highest BCUT2D eigenvalue weighted by atomic mass is 19.4. The van der Waals surface area contributed by atoms with Crippen LogP contribution in [0.2, 0.25) is 0 Å². The fourth-order valence-electron chi connectivity index (χ4n) is 6.20. The van der Waals surface area contributed by atoms with Gasteiger partial charge in [0.15, 0.2) is 0 Å². The van der Waals surface area contributed by atoms with Crippen LogP contribution in [-0.4, -0.2) is 54.4 Å². The van der Waals surface area contributed by atoms with Gasteiger partial charge in [-0.05, 0) is 85.5 Å². The molecular weight excluding hydrogens is 525 g/mol. The molecule has 5 rings (SSSR count). The maximum Gasteiger partial charge on any atom is 0.573 e. The average molecular weight is 561 g/mol. The first-order chi connectivity index (χ1) is 19.2. The fourth-order valence-corrected chi connectivity index (χ4v) is 6.20. The first kappa shape index (κ1) is 28.3. The van der Waals surface area contributed by atoms with E-state index < -0.39 is 18.2 Å². The molecule has 1 saturated heterocycles. The third-order valence-electron chi connectivity index (χ3n) is 8.22. The number of halogens is 3. The molecule has 7 nitrogen and oxygen atoms in total. The van der Waals surface area contributed by atoms with Crippen molar-refractivity contribution in [3.63, 3.8) is 0 Å². The lowest BCUT2D eigenvalue weighted by molar-refractivity contribution is -0.275. The zero-order valence-corrected chi connectivity index (χ0v) is 22.4. The van der Waals surface area contributed by atoms with Crippen LogP contribution in [0.3, 0.4) is 0 Å². The van der Waals surface area contributed by atoms with Crippen molar-refractivity contribution in [2.24, 2.45) is 5.92 Å². The number of nitrogens with zero attached hydrogens (tertiary/aromatic N) is 2. The van der Waals surface area contributed by atoms with Gasteiger partial charge in [-0.25, -0.2) is 0 Å². The van der Waals surface area contributed by atoms with Crippen molar-refractivity contribution in [3.05, 3.63) is 53.1 Å². The van der Waals surface area contributed by atoms with Crippen LogP contribution in [-0.2, 0) is 22.6 Å². The van der Waals surface area contributed by atoms with Crippen LogP contribution in [0.15, 0.2) is 36.4 Å². The molecule has 1 amide bonds. The van der Waals surface area contributed by atoms with Gasteiger partial charge in [-0.2, -0.15) is 0 Å². The Morgan fingerprint density at radius 1 is 0.975 bits per heavy atom. The van der Waals surface area contributed by atoms with E-state index in [0.717, 1.165) is 49.8 Å². The minimum atomic E-state index is -4.77. The minimum absolute atomic E-state index is 0.0614. The number of piperidine rings is 1. The molecule has 216 valence electrons. The number of fused-ring (bicyclic) bond motifs is 1. The van der Waals surface area contributed by atoms with Crippen molar-refractivity contribution in [2.45, 2.75) is 70.3 Å². The quantitative estimate of drug-likeness (QED) is 0.433. The highest BCUT2D eigenvalue weighted by Gasteiger charge is 2.34. The summed E-state index contributed by atoms with van der Waals surface area (Å²) in [5.74, 6) is -0.826. The number of hydrogen-bond donors (Lipinski definition) is 1. The lowest BCUT2D eigenvalue weighted by atomic mass is 9.83. The highest BCUT2D eigenvalue weighted by Crippen LogP contribution is 2.40. The molecule has 3 aliphatic rings. The van der Waals surface area contributed by atoms with Crippen LogP contribution in [0.25, 0.3) is 0 Å². The lowest BCUT2D eigenvalue weighted by Crippen LogP contribution is -2.45. The number of alkyl halides is 3. The second-order valence-corrected chi connectivity index (χ2v) is 11.0. The molecule has 2 aromatic carbocycles. The molecule has 1 N–H and O–H groups in total. The van der Waals surface area contributed by atoms with E-state index in [1.807, 2.05) is 17.0 Å². The number of carboxylic acids is 1. The second-order valence-electron chi connectivity index (χ2n) is 11.0. The number of hydrogen-bond acceptors (Lipinski definition) is 5. The smallest absolute Gasteiger partial charge is 0.489 e. The van der Waals surface area contributed by atoms with Crippen LogP contribution in [0, 0.1) is 5.92 Å². The summed E-state index contributed by atoms with van der Waals surface area (Å²) < 4.78 is 49.8. The SMILES string of the molecule is O=C(O)[C@@H]1CCCN(CC(=O)N2CCc3cc(OCc4ccc(C5CCCCC5)c(OC(F)(F)F)c4)ccc32)C1. The molecular formula is C30H35F3N2O5. The van der Waals surface area contributed by atoms with Crippen molar-refractivity contribution in [3.8, 4) is 11.5 Å². The summed E-state index contributed by atoms with van der Waals surface area (Å²) in [5.41, 5.74) is 2.95. The van der Waals surface area contributed by atoms with Gasteiger partial charge in [0.05, 0.1) is 12.5 Å². The number of carboxylic acid groups (broad SMARTS) is 1. The topological polar surface area (TPSA) is 79.3 Å². The predicted molar refractivity (Wildman–Crippen MR) is 143 cm³/mol. The highest BCUT2D eigenvalue weighted by molar-refractivity contribution is 5.97. The third-order valence-corrected chi connectivity index (χ3v) is 8.22. The maximum atomic E-state index is 13.2. The Morgan fingerprint density at radius 3 is 2.52 bits per heavy atom. The zero-order chi connectivity index (χ0) is 28.3. The van der Waals surface area contributed by atoms with E-state index in [0.29, 0.717) is 49.4 Å². The number of likely N-dealkylation sites (tertiary alicyclic amines) is 1.